The minimum absolute atomic E-state index is 0.216. The number of hydrogen-bond donors (Lipinski definition) is 1. The molecule has 3 aromatic heterocycles. The number of pyridine rings is 1. The van der Waals surface area contributed by atoms with E-state index in [0.717, 1.165) is 18.3 Å². The van der Waals surface area contributed by atoms with Gasteiger partial charge in [-0.05, 0) is 30.3 Å². The molecule has 1 N–H and O–H groups in total. The molecular weight excluding hydrogens is 522 g/mol. The number of alkyl halides is 3. The number of rotatable bonds is 6. The second-order valence-corrected chi connectivity index (χ2v) is 9.58. The summed E-state index contributed by atoms with van der Waals surface area (Å²) in [6, 6.07) is 7.22. The molecule has 5 rings (SSSR count). The summed E-state index contributed by atoms with van der Waals surface area (Å²) in [6.07, 6.45) is -1.80. The van der Waals surface area contributed by atoms with Gasteiger partial charge < -0.3 is 19.9 Å². The molecule has 0 amide bonds. The normalized spacial score (nSPS) is 14.0. The van der Waals surface area contributed by atoms with Crippen LogP contribution in [0.15, 0.2) is 48.1 Å². The summed E-state index contributed by atoms with van der Waals surface area (Å²) in [6.45, 7) is 2.08. The van der Waals surface area contributed by atoms with E-state index in [4.69, 9.17) is 4.74 Å². The monoisotopic (exact) mass is 545 g/mol. The number of hydrogen-bond acceptors (Lipinski definition) is 9. The van der Waals surface area contributed by atoms with Crippen molar-refractivity contribution >= 4 is 34.2 Å². The topological polar surface area (TPSA) is 79.3 Å². The van der Waals surface area contributed by atoms with Crippen molar-refractivity contribution < 1.29 is 22.3 Å². The molecule has 198 valence electrons. The zero-order chi connectivity index (χ0) is 26.9. The van der Waals surface area contributed by atoms with Gasteiger partial charge in [-0.25, -0.2) is 19.3 Å². The van der Waals surface area contributed by atoms with Gasteiger partial charge in [0.15, 0.2) is 17.5 Å². The lowest BCUT2D eigenvalue weighted by Crippen LogP contribution is -2.37. The fourth-order valence-corrected chi connectivity index (χ4v) is 4.61. The Bertz CT molecular complexity index is 1420. The maximum Gasteiger partial charge on any atom is 0.416 e. The molecule has 1 aliphatic rings. The average molecular weight is 546 g/mol. The average Bonchev–Trinajstić information content (AvgIpc) is 3.39. The van der Waals surface area contributed by atoms with Gasteiger partial charge in [-0.1, -0.05) is 0 Å². The zero-order valence-electron chi connectivity index (χ0n) is 20.5. The van der Waals surface area contributed by atoms with Crippen molar-refractivity contribution in [1.82, 2.24) is 19.9 Å². The molecule has 38 heavy (non-hydrogen) atoms. The summed E-state index contributed by atoms with van der Waals surface area (Å²) in [5.74, 6) is 0.0117. The quantitative estimate of drug-likeness (QED) is 0.320. The fraction of sp³-hybridized carbons (Fsp3) is 0.280. The SMILES string of the molecule is CN(C)c1cc(Nc2ccc(-c3nc(-c4ncc(F)c(N5CCOCC5)n4)cs3)nc2)cc(C(F)(F)F)c1. The smallest absolute Gasteiger partial charge is 0.378 e. The van der Waals surface area contributed by atoms with Crippen molar-refractivity contribution in [3.05, 3.63) is 59.5 Å². The lowest BCUT2D eigenvalue weighted by molar-refractivity contribution is -0.137. The lowest BCUT2D eigenvalue weighted by Gasteiger charge is -2.27. The van der Waals surface area contributed by atoms with E-state index in [1.807, 2.05) is 4.90 Å². The van der Waals surface area contributed by atoms with E-state index < -0.39 is 17.6 Å². The molecule has 4 aromatic rings. The molecule has 0 saturated carbocycles. The summed E-state index contributed by atoms with van der Waals surface area (Å²) < 4.78 is 59.8. The van der Waals surface area contributed by atoms with Gasteiger partial charge in [-0.15, -0.1) is 11.3 Å². The summed E-state index contributed by atoms with van der Waals surface area (Å²) >= 11 is 1.33. The van der Waals surface area contributed by atoms with Crippen LogP contribution in [0.1, 0.15) is 5.56 Å². The Kier molecular flexibility index (Phi) is 7.13. The van der Waals surface area contributed by atoms with E-state index >= 15 is 0 Å². The Hall–Kier alpha value is -3.84. The first-order valence-corrected chi connectivity index (χ1v) is 12.5. The largest absolute Gasteiger partial charge is 0.416 e. The van der Waals surface area contributed by atoms with E-state index in [2.05, 4.69) is 25.3 Å². The highest BCUT2D eigenvalue weighted by Crippen LogP contribution is 2.35. The van der Waals surface area contributed by atoms with E-state index in [1.54, 1.807) is 42.6 Å². The Balaban J connectivity index is 1.34. The zero-order valence-corrected chi connectivity index (χ0v) is 21.3. The Morgan fingerprint density at radius 1 is 0.974 bits per heavy atom. The molecule has 1 saturated heterocycles. The number of anilines is 4. The van der Waals surface area contributed by atoms with Crippen LogP contribution in [0.25, 0.3) is 22.2 Å². The van der Waals surface area contributed by atoms with Gasteiger partial charge >= 0.3 is 6.18 Å². The van der Waals surface area contributed by atoms with Gasteiger partial charge in [-0.2, -0.15) is 13.2 Å². The third kappa shape index (κ3) is 5.68. The van der Waals surface area contributed by atoms with E-state index in [9.17, 15) is 17.6 Å². The molecule has 0 atom stereocenters. The number of aromatic nitrogens is 4. The molecule has 13 heteroatoms. The molecule has 0 aliphatic carbocycles. The van der Waals surface area contributed by atoms with Gasteiger partial charge in [0.2, 0.25) is 0 Å². The van der Waals surface area contributed by atoms with Crippen LogP contribution < -0.4 is 15.1 Å². The predicted molar refractivity (Wildman–Crippen MR) is 138 cm³/mol. The number of ether oxygens (including phenoxy) is 1. The molecule has 1 fully saturated rings. The predicted octanol–water partition coefficient (Wildman–Crippen LogP) is 5.47. The number of nitrogens with one attached hydrogen (secondary N) is 1. The van der Waals surface area contributed by atoms with Gasteiger partial charge in [0, 0.05) is 43.9 Å². The highest BCUT2D eigenvalue weighted by atomic mass is 32.1. The van der Waals surface area contributed by atoms with Crippen LogP contribution in [0, 0.1) is 5.82 Å². The third-order valence-electron chi connectivity index (χ3n) is 5.80. The highest BCUT2D eigenvalue weighted by Gasteiger charge is 2.31. The second-order valence-electron chi connectivity index (χ2n) is 8.72. The number of morpholine rings is 1. The second kappa shape index (κ2) is 10.5. The van der Waals surface area contributed by atoms with Crippen LogP contribution in [0.2, 0.25) is 0 Å². The van der Waals surface area contributed by atoms with Gasteiger partial charge in [-0.3, -0.25) is 4.98 Å². The van der Waals surface area contributed by atoms with Gasteiger partial charge in [0.1, 0.15) is 10.7 Å². The molecule has 1 aromatic carbocycles. The Morgan fingerprint density at radius 2 is 1.76 bits per heavy atom. The highest BCUT2D eigenvalue weighted by molar-refractivity contribution is 7.13. The lowest BCUT2D eigenvalue weighted by atomic mass is 10.1. The van der Waals surface area contributed by atoms with Crippen molar-refractivity contribution in [3.63, 3.8) is 0 Å². The molecule has 8 nitrogen and oxygen atoms in total. The number of thiazole rings is 1. The van der Waals surface area contributed by atoms with Crippen LogP contribution in [-0.4, -0.2) is 60.3 Å². The number of halogens is 4. The summed E-state index contributed by atoms with van der Waals surface area (Å²) in [5, 5.41) is 5.36. The maximum atomic E-state index is 14.4. The molecule has 0 spiro atoms. The first-order chi connectivity index (χ1) is 18.2. The Labute approximate surface area is 220 Å². The maximum absolute atomic E-state index is 14.4. The minimum Gasteiger partial charge on any atom is -0.378 e. The summed E-state index contributed by atoms with van der Waals surface area (Å²) in [4.78, 5) is 20.9. The van der Waals surface area contributed by atoms with E-state index in [-0.39, 0.29) is 5.82 Å². The van der Waals surface area contributed by atoms with Crippen LogP contribution in [0.5, 0.6) is 0 Å². The number of nitrogens with zero attached hydrogens (tertiary/aromatic N) is 6. The standard InChI is InChI=1S/C25H23F4N7OS/c1-35(2)18-10-15(25(27,28)29)9-17(11-18)32-16-3-4-20(30-12-16)24-33-21(14-38-24)22-31-13-19(26)23(34-22)36-5-7-37-8-6-36/h3-4,9-14,32H,5-8H2,1-2H3. The minimum atomic E-state index is -4.47. The van der Waals surface area contributed by atoms with Crippen molar-refractivity contribution in [2.45, 2.75) is 6.18 Å². The van der Waals surface area contributed by atoms with Crippen molar-refractivity contribution in [2.75, 3.05) is 55.5 Å². The van der Waals surface area contributed by atoms with Gasteiger partial charge in [0.05, 0.1) is 42.6 Å². The molecule has 0 unspecified atom stereocenters. The van der Waals surface area contributed by atoms with Crippen LogP contribution in [0.4, 0.5) is 40.4 Å². The van der Waals surface area contributed by atoms with Crippen molar-refractivity contribution in [3.8, 4) is 22.2 Å². The first kappa shape index (κ1) is 25.8. The molecule has 0 bridgehead atoms. The van der Waals surface area contributed by atoms with Crippen LogP contribution in [-0.2, 0) is 10.9 Å². The fourth-order valence-electron chi connectivity index (χ4n) is 3.84. The van der Waals surface area contributed by atoms with Crippen LogP contribution >= 0.6 is 11.3 Å². The Morgan fingerprint density at radius 3 is 2.45 bits per heavy atom. The molecule has 4 heterocycles. The van der Waals surface area contributed by atoms with Crippen molar-refractivity contribution in [1.29, 1.82) is 0 Å². The summed E-state index contributed by atoms with van der Waals surface area (Å²) in [7, 11) is 3.36. The van der Waals surface area contributed by atoms with Crippen LogP contribution in [0.3, 0.4) is 0 Å². The van der Waals surface area contributed by atoms with Gasteiger partial charge in [0.25, 0.3) is 0 Å². The number of benzene rings is 1. The van der Waals surface area contributed by atoms with E-state index in [1.165, 1.54) is 17.5 Å². The van der Waals surface area contributed by atoms with E-state index in [0.29, 0.717) is 65.6 Å². The van der Waals surface area contributed by atoms with Crippen molar-refractivity contribution in [2.24, 2.45) is 0 Å². The third-order valence-corrected chi connectivity index (χ3v) is 6.67. The summed E-state index contributed by atoms with van der Waals surface area (Å²) in [5.41, 5.74) is 1.54. The first-order valence-electron chi connectivity index (χ1n) is 11.6. The molecule has 0 radical (unpaired) electrons. The molecular formula is C25H23F4N7OS. The molecule has 1 aliphatic heterocycles.